The highest BCUT2D eigenvalue weighted by molar-refractivity contribution is 7.89. The molecule has 2 aromatic rings. The van der Waals surface area contributed by atoms with Crippen LogP contribution in [-0.4, -0.2) is 49.7 Å². The van der Waals surface area contributed by atoms with Crippen molar-refractivity contribution in [1.82, 2.24) is 14.5 Å². The van der Waals surface area contributed by atoms with E-state index in [0.717, 1.165) is 37.3 Å². The number of benzene rings is 2. The highest BCUT2D eigenvalue weighted by Gasteiger charge is 2.33. The lowest BCUT2D eigenvalue weighted by Gasteiger charge is -2.31. The van der Waals surface area contributed by atoms with Crippen LogP contribution in [0.1, 0.15) is 37.8 Å². The fourth-order valence-corrected chi connectivity index (χ4v) is 5.46. The van der Waals surface area contributed by atoms with Crippen molar-refractivity contribution in [2.75, 3.05) is 26.2 Å². The number of hydrogen-bond donors (Lipinski definition) is 1. The summed E-state index contributed by atoms with van der Waals surface area (Å²) in [5.74, 6) is -1.03. The van der Waals surface area contributed by atoms with Crippen LogP contribution < -0.4 is 5.32 Å². The molecule has 1 aliphatic heterocycles. The molecule has 6 nitrogen and oxygen atoms in total. The Hall–Kier alpha value is -2.29. The molecule has 1 fully saturated rings. The number of carbonyl (C=O) groups is 1. The first-order valence-corrected chi connectivity index (χ1v) is 12.6. The third kappa shape index (κ3) is 6.15. The lowest BCUT2D eigenvalue weighted by atomic mass is 9.98. The van der Waals surface area contributed by atoms with Gasteiger partial charge in [-0.3, -0.25) is 9.69 Å². The number of hydrogen-bond acceptors (Lipinski definition) is 4. The Morgan fingerprint density at radius 2 is 1.69 bits per heavy atom. The summed E-state index contributed by atoms with van der Waals surface area (Å²) >= 11 is 0. The number of halogens is 1. The van der Waals surface area contributed by atoms with Gasteiger partial charge in [-0.15, -0.1) is 0 Å². The zero-order valence-corrected chi connectivity index (χ0v) is 19.6. The molecule has 3 rings (SSSR count). The molecule has 0 radical (unpaired) electrons. The van der Waals surface area contributed by atoms with Gasteiger partial charge in [0.1, 0.15) is 5.82 Å². The Morgan fingerprint density at radius 1 is 1.06 bits per heavy atom. The van der Waals surface area contributed by atoms with E-state index < -0.39 is 21.8 Å². The topological polar surface area (TPSA) is 69.7 Å². The monoisotopic (exact) mass is 461 g/mol. The minimum absolute atomic E-state index is 0.0461. The third-order valence-corrected chi connectivity index (χ3v) is 7.88. The van der Waals surface area contributed by atoms with Crippen LogP contribution in [0.2, 0.25) is 0 Å². The summed E-state index contributed by atoms with van der Waals surface area (Å²) in [6.45, 7) is 8.10. The average Bonchev–Trinajstić information content (AvgIpc) is 2.82. The van der Waals surface area contributed by atoms with E-state index in [1.165, 1.54) is 22.0 Å². The van der Waals surface area contributed by atoms with Crippen LogP contribution in [0.4, 0.5) is 4.39 Å². The second-order valence-electron chi connectivity index (χ2n) is 8.15. The summed E-state index contributed by atoms with van der Waals surface area (Å²) in [7, 11) is -3.75. The van der Waals surface area contributed by atoms with Gasteiger partial charge in [0.2, 0.25) is 15.9 Å². The molecule has 174 valence electrons. The minimum atomic E-state index is -3.75. The first-order valence-electron chi connectivity index (χ1n) is 11.2. The smallest absolute Gasteiger partial charge is 0.243 e. The van der Waals surface area contributed by atoms with Crippen LogP contribution in [0.15, 0.2) is 53.4 Å². The van der Waals surface area contributed by atoms with E-state index in [-0.39, 0.29) is 17.3 Å². The molecule has 0 bridgehead atoms. The van der Waals surface area contributed by atoms with Crippen LogP contribution in [0.3, 0.4) is 0 Å². The van der Waals surface area contributed by atoms with Crippen molar-refractivity contribution >= 4 is 15.9 Å². The van der Waals surface area contributed by atoms with E-state index in [9.17, 15) is 17.6 Å². The summed E-state index contributed by atoms with van der Waals surface area (Å²) in [6, 6.07) is 13.0. The number of nitrogens with one attached hydrogen (secondary N) is 1. The molecule has 1 atom stereocenters. The maximum absolute atomic E-state index is 13.2. The van der Waals surface area contributed by atoms with Crippen LogP contribution in [0.25, 0.3) is 0 Å². The molecule has 1 aliphatic rings. The number of sulfonamides is 1. The quantitative estimate of drug-likeness (QED) is 0.622. The van der Waals surface area contributed by atoms with Crippen molar-refractivity contribution < 1.29 is 17.6 Å². The maximum Gasteiger partial charge on any atom is 0.243 e. The Bertz CT molecular complexity index is 990. The largest absolute Gasteiger partial charge is 0.352 e. The molecular weight excluding hydrogens is 429 g/mol. The molecule has 0 aromatic heterocycles. The minimum Gasteiger partial charge on any atom is -0.352 e. The number of piperidine rings is 1. The zero-order valence-electron chi connectivity index (χ0n) is 18.8. The standard InChI is InChI=1S/C24H32FN3O3S/c1-3-27(4-2)17-20-9-7-19(8-10-20)16-26-24(29)21-6-5-15-28(18-21)32(30,31)23-13-11-22(25)12-14-23/h7-14,21H,3-6,15-18H2,1-2H3,(H,26,29). The fourth-order valence-electron chi connectivity index (χ4n) is 3.93. The maximum atomic E-state index is 13.2. The number of carbonyl (C=O) groups excluding carboxylic acids is 1. The molecule has 1 heterocycles. The highest BCUT2D eigenvalue weighted by atomic mass is 32.2. The molecule has 1 amide bonds. The Kier molecular flexibility index (Phi) is 8.39. The van der Waals surface area contributed by atoms with Crippen molar-refractivity contribution in [1.29, 1.82) is 0 Å². The normalized spacial score (nSPS) is 17.4. The summed E-state index contributed by atoms with van der Waals surface area (Å²) in [6.07, 6.45) is 1.25. The third-order valence-electron chi connectivity index (χ3n) is 6.00. The van der Waals surface area contributed by atoms with Crippen LogP contribution >= 0.6 is 0 Å². The Balaban J connectivity index is 1.55. The molecule has 32 heavy (non-hydrogen) atoms. The molecular formula is C24H32FN3O3S. The number of nitrogens with zero attached hydrogens (tertiary/aromatic N) is 2. The van der Waals surface area contributed by atoms with Gasteiger partial charge in [-0.2, -0.15) is 4.31 Å². The van der Waals surface area contributed by atoms with E-state index in [2.05, 4.69) is 36.2 Å². The van der Waals surface area contributed by atoms with Gasteiger partial charge < -0.3 is 5.32 Å². The summed E-state index contributed by atoms with van der Waals surface area (Å²) in [5.41, 5.74) is 2.24. The van der Waals surface area contributed by atoms with Gasteiger partial charge in [-0.1, -0.05) is 38.1 Å². The Labute approximate surface area is 190 Å². The van der Waals surface area contributed by atoms with E-state index in [1.54, 1.807) is 0 Å². The van der Waals surface area contributed by atoms with Gasteiger partial charge in [-0.05, 0) is 61.3 Å². The Morgan fingerprint density at radius 3 is 2.31 bits per heavy atom. The summed E-state index contributed by atoms with van der Waals surface area (Å²) in [4.78, 5) is 15.1. The molecule has 1 saturated heterocycles. The molecule has 0 spiro atoms. The van der Waals surface area contributed by atoms with Crippen LogP contribution in [-0.2, 0) is 27.9 Å². The number of amides is 1. The molecule has 0 aliphatic carbocycles. The lowest BCUT2D eigenvalue weighted by molar-refractivity contribution is -0.126. The van der Waals surface area contributed by atoms with E-state index in [0.29, 0.717) is 25.9 Å². The predicted molar refractivity (Wildman–Crippen MR) is 123 cm³/mol. The summed E-state index contributed by atoms with van der Waals surface area (Å²) in [5, 5.41) is 2.95. The van der Waals surface area contributed by atoms with Gasteiger partial charge >= 0.3 is 0 Å². The van der Waals surface area contributed by atoms with Crippen molar-refractivity contribution in [2.45, 2.75) is 44.7 Å². The predicted octanol–water partition coefficient (Wildman–Crippen LogP) is 3.38. The first kappa shape index (κ1) is 24.4. The SMILES string of the molecule is CCN(CC)Cc1ccc(CNC(=O)C2CCCN(S(=O)(=O)c3ccc(F)cc3)C2)cc1. The number of rotatable bonds is 9. The van der Waals surface area contributed by atoms with Gasteiger partial charge in [0.15, 0.2) is 0 Å². The zero-order chi connectivity index (χ0) is 23.1. The van der Waals surface area contributed by atoms with Crippen molar-refractivity contribution in [2.24, 2.45) is 5.92 Å². The first-order chi connectivity index (χ1) is 15.3. The van der Waals surface area contributed by atoms with Crippen molar-refractivity contribution in [3.05, 3.63) is 65.5 Å². The van der Waals surface area contributed by atoms with Crippen LogP contribution in [0, 0.1) is 11.7 Å². The highest BCUT2D eigenvalue weighted by Crippen LogP contribution is 2.24. The van der Waals surface area contributed by atoms with Gasteiger partial charge in [-0.25, -0.2) is 12.8 Å². The van der Waals surface area contributed by atoms with Crippen LogP contribution in [0.5, 0.6) is 0 Å². The van der Waals surface area contributed by atoms with E-state index in [4.69, 9.17) is 0 Å². The second kappa shape index (κ2) is 11.0. The lowest BCUT2D eigenvalue weighted by Crippen LogP contribution is -2.45. The summed E-state index contributed by atoms with van der Waals surface area (Å²) < 4.78 is 40.2. The van der Waals surface area contributed by atoms with E-state index in [1.807, 2.05) is 12.1 Å². The van der Waals surface area contributed by atoms with E-state index >= 15 is 0 Å². The van der Waals surface area contributed by atoms with Gasteiger partial charge in [0, 0.05) is 26.2 Å². The average molecular weight is 462 g/mol. The molecule has 1 N–H and O–H groups in total. The van der Waals surface area contributed by atoms with Crippen molar-refractivity contribution in [3.8, 4) is 0 Å². The second-order valence-corrected chi connectivity index (χ2v) is 10.1. The van der Waals surface area contributed by atoms with Gasteiger partial charge in [0.05, 0.1) is 10.8 Å². The molecule has 8 heteroatoms. The van der Waals surface area contributed by atoms with Crippen molar-refractivity contribution in [3.63, 3.8) is 0 Å². The van der Waals surface area contributed by atoms with Gasteiger partial charge in [0.25, 0.3) is 0 Å². The fraction of sp³-hybridized carbons (Fsp3) is 0.458. The molecule has 2 aromatic carbocycles. The molecule has 0 saturated carbocycles. The molecule has 1 unspecified atom stereocenters.